The molecule has 2 aromatic rings. The van der Waals surface area contributed by atoms with Crippen LogP contribution in [0.4, 0.5) is 0 Å². The van der Waals surface area contributed by atoms with Crippen LogP contribution >= 0.6 is 0 Å². The second-order valence-electron chi connectivity index (χ2n) is 5.81. The van der Waals surface area contributed by atoms with Crippen molar-refractivity contribution in [2.75, 3.05) is 13.2 Å². The molecule has 0 aromatic heterocycles. The van der Waals surface area contributed by atoms with E-state index in [1.54, 1.807) is 0 Å². The van der Waals surface area contributed by atoms with Crippen molar-refractivity contribution in [3.8, 4) is 0 Å². The molecule has 1 atom stereocenters. The molecule has 22 heavy (non-hydrogen) atoms. The van der Waals surface area contributed by atoms with Crippen molar-refractivity contribution < 1.29 is 9.84 Å². The quantitative estimate of drug-likeness (QED) is 0.817. The molecule has 2 rings (SSSR count). The Kier molecular flexibility index (Phi) is 6.17. The van der Waals surface area contributed by atoms with Crippen LogP contribution in [-0.4, -0.2) is 18.3 Å². The first-order valence-electron chi connectivity index (χ1n) is 8.08. The molecule has 0 aliphatic heterocycles. The first-order chi connectivity index (χ1) is 10.7. The first kappa shape index (κ1) is 16.7. The summed E-state index contributed by atoms with van der Waals surface area (Å²) in [5.74, 6) is 0.435. The highest BCUT2D eigenvalue weighted by Gasteiger charge is 2.21. The van der Waals surface area contributed by atoms with E-state index in [2.05, 4.69) is 69.3 Å². The molecule has 0 aliphatic rings. The van der Waals surface area contributed by atoms with E-state index in [-0.39, 0.29) is 12.7 Å². The van der Waals surface area contributed by atoms with Crippen LogP contribution in [0.15, 0.2) is 48.5 Å². The van der Waals surface area contributed by atoms with Gasteiger partial charge in [-0.2, -0.15) is 0 Å². The maximum atomic E-state index is 9.19. The van der Waals surface area contributed by atoms with Gasteiger partial charge in [0.25, 0.3) is 0 Å². The monoisotopic (exact) mass is 298 g/mol. The van der Waals surface area contributed by atoms with E-state index in [0.717, 1.165) is 6.42 Å². The molecule has 1 N–H and O–H groups in total. The van der Waals surface area contributed by atoms with Gasteiger partial charge in [-0.3, -0.25) is 0 Å². The molecule has 0 amide bonds. The molecule has 0 heterocycles. The van der Waals surface area contributed by atoms with Gasteiger partial charge in [-0.15, -0.1) is 0 Å². The van der Waals surface area contributed by atoms with Crippen LogP contribution in [-0.2, 0) is 11.2 Å². The van der Waals surface area contributed by atoms with Crippen LogP contribution < -0.4 is 0 Å². The third kappa shape index (κ3) is 3.76. The highest BCUT2D eigenvalue weighted by atomic mass is 16.5. The first-order valence-corrected chi connectivity index (χ1v) is 8.08. The SMILES string of the molecule is CCc1ccccc1C(OCCO)c1ccccc1C(C)C. The molecule has 0 bridgehead atoms. The third-order valence-electron chi connectivity index (χ3n) is 3.99. The van der Waals surface area contributed by atoms with Gasteiger partial charge in [-0.1, -0.05) is 69.3 Å². The van der Waals surface area contributed by atoms with Crippen LogP contribution in [0.1, 0.15) is 55.0 Å². The number of ether oxygens (including phenoxy) is 1. The summed E-state index contributed by atoms with van der Waals surface area (Å²) >= 11 is 0. The number of aryl methyl sites for hydroxylation is 1. The fraction of sp³-hybridized carbons (Fsp3) is 0.400. The zero-order valence-electron chi connectivity index (χ0n) is 13.8. The van der Waals surface area contributed by atoms with E-state index in [9.17, 15) is 5.11 Å². The van der Waals surface area contributed by atoms with Crippen LogP contribution in [0.25, 0.3) is 0 Å². The lowest BCUT2D eigenvalue weighted by Crippen LogP contribution is -2.14. The van der Waals surface area contributed by atoms with Gasteiger partial charge in [0.1, 0.15) is 6.10 Å². The van der Waals surface area contributed by atoms with Gasteiger partial charge in [0.15, 0.2) is 0 Å². The number of rotatable bonds is 7. The van der Waals surface area contributed by atoms with Crippen LogP contribution in [0.2, 0.25) is 0 Å². The highest BCUT2D eigenvalue weighted by molar-refractivity contribution is 5.41. The number of hydrogen-bond donors (Lipinski definition) is 1. The predicted molar refractivity (Wildman–Crippen MR) is 91.2 cm³/mol. The molecule has 0 saturated heterocycles. The molecule has 0 saturated carbocycles. The minimum absolute atomic E-state index is 0.0363. The van der Waals surface area contributed by atoms with E-state index in [0.29, 0.717) is 12.5 Å². The average Bonchev–Trinajstić information content (AvgIpc) is 2.56. The third-order valence-corrected chi connectivity index (χ3v) is 3.99. The molecule has 1 unspecified atom stereocenters. The second-order valence-corrected chi connectivity index (χ2v) is 5.81. The van der Waals surface area contributed by atoms with Crippen molar-refractivity contribution in [2.24, 2.45) is 0 Å². The fourth-order valence-electron chi connectivity index (χ4n) is 2.91. The van der Waals surface area contributed by atoms with Crippen molar-refractivity contribution in [1.29, 1.82) is 0 Å². The van der Waals surface area contributed by atoms with Crippen molar-refractivity contribution in [2.45, 2.75) is 39.2 Å². The van der Waals surface area contributed by atoms with E-state index >= 15 is 0 Å². The lowest BCUT2D eigenvalue weighted by Gasteiger charge is -2.24. The topological polar surface area (TPSA) is 29.5 Å². The van der Waals surface area contributed by atoms with Gasteiger partial charge in [0.05, 0.1) is 13.2 Å². The Bertz CT molecular complexity index is 590. The molecule has 0 spiro atoms. The van der Waals surface area contributed by atoms with E-state index in [1.807, 2.05) is 0 Å². The Morgan fingerprint density at radius 3 is 2.09 bits per heavy atom. The Labute approximate surface area is 133 Å². The standard InChI is InChI=1S/C20H26O2/c1-4-16-9-5-6-11-18(16)20(22-14-13-21)19-12-8-7-10-17(19)15(2)3/h5-12,15,20-21H,4,13-14H2,1-3H3. The van der Waals surface area contributed by atoms with Gasteiger partial charge < -0.3 is 9.84 Å². The smallest absolute Gasteiger partial charge is 0.108 e. The van der Waals surface area contributed by atoms with Crippen LogP contribution in [0.3, 0.4) is 0 Å². The zero-order chi connectivity index (χ0) is 15.9. The summed E-state index contributed by atoms with van der Waals surface area (Å²) in [7, 11) is 0. The Balaban J connectivity index is 2.51. The lowest BCUT2D eigenvalue weighted by molar-refractivity contribution is 0.0491. The Hall–Kier alpha value is -1.64. The largest absolute Gasteiger partial charge is 0.394 e. The molecular weight excluding hydrogens is 272 g/mol. The summed E-state index contributed by atoms with van der Waals surface area (Å²) in [6.07, 6.45) is 0.848. The zero-order valence-corrected chi connectivity index (χ0v) is 13.8. The van der Waals surface area contributed by atoms with Crippen molar-refractivity contribution >= 4 is 0 Å². The predicted octanol–water partition coefficient (Wildman–Crippen LogP) is 4.47. The summed E-state index contributed by atoms with van der Waals surface area (Å²) in [5.41, 5.74) is 5.00. The molecule has 0 aliphatic carbocycles. The molecule has 2 nitrogen and oxygen atoms in total. The number of benzene rings is 2. The summed E-state index contributed by atoms with van der Waals surface area (Å²) in [5, 5.41) is 9.19. The molecule has 2 aromatic carbocycles. The van der Waals surface area contributed by atoms with Crippen molar-refractivity contribution in [3.63, 3.8) is 0 Å². The minimum Gasteiger partial charge on any atom is -0.394 e. The fourth-order valence-corrected chi connectivity index (χ4v) is 2.91. The van der Waals surface area contributed by atoms with Crippen LogP contribution in [0.5, 0.6) is 0 Å². The molecule has 0 fully saturated rings. The average molecular weight is 298 g/mol. The van der Waals surface area contributed by atoms with E-state index < -0.39 is 0 Å². The summed E-state index contributed by atoms with van der Waals surface area (Å²) < 4.78 is 6.05. The summed E-state index contributed by atoms with van der Waals surface area (Å²) in [6.45, 7) is 6.95. The highest BCUT2D eigenvalue weighted by Crippen LogP contribution is 2.33. The van der Waals surface area contributed by atoms with Crippen molar-refractivity contribution in [1.82, 2.24) is 0 Å². The normalized spacial score (nSPS) is 12.6. The summed E-state index contributed by atoms with van der Waals surface area (Å²) in [6, 6.07) is 16.9. The number of aliphatic hydroxyl groups is 1. The Morgan fingerprint density at radius 1 is 0.909 bits per heavy atom. The van der Waals surface area contributed by atoms with Gasteiger partial charge >= 0.3 is 0 Å². The van der Waals surface area contributed by atoms with Crippen molar-refractivity contribution in [3.05, 3.63) is 70.8 Å². The molecular formula is C20H26O2. The van der Waals surface area contributed by atoms with Gasteiger partial charge in [-0.05, 0) is 34.6 Å². The molecule has 2 heteroatoms. The van der Waals surface area contributed by atoms with Gasteiger partial charge in [0, 0.05) is 0 Å². The lowest BCUT2D eigenvalue weighted by atomic mass is 9.89. The van der Waals surface area contributed by atoms with E-state index in [1.165, 1.54) is 22.3 Å². The molecule has 0 radical (unpaired) electrons. The van der Waals surface area contributed by atoms with Gasteiger partial charge in [-0.25, -0.2) is 0 Å². The number of hydrogen-bond acceptors (Lipinski definition) is 2. The summed E-state index contributed by atoms with van der Waals surface area (Å²) in [4.78, 5) is 0. The molecule has 118 valence electrons. The Morgan fingerprint density at radius 2 is 1.50 bits per heavy atom. The van der Waals surface area contributed by atoms with E-state index in [4.69, 9.17) is 4.74 Å². The minimum atomic E-state index is -0.123. The number of aliphatic hydroxyl groups excluding tert-OH is 1. The second kappa shape index (κ2) is 8.11. The maximum Gasteiger partial charge on any atom is 0.108 e. The van der Waals surface area contributed by atoms with Crippen LogP contribution in [0, 0.1) is 0 Å². The maximum absolute atomic E-state index is 9.19. The van der Waals surface area contributed by atoms with Gasteiger partial charge in [0.2, 0.25) is 0 Å².